The van der Waals surface area contributed by atoms with E-state index in [1.165, 1.54) is 18.2 Å². The molecule has 1 atom stereocenters. The fourth-order valence-corrected chi connectivity index (χ4v) is 3.40. The van der Waals surface area contributed by atoms with Gasteiger partial charge in [0.15, 0.2) is 5.76 Å². The van der Waals surface area contributed by atoms with E-state index >= 15 is 0 Å². The Labute approximate surface area is 156 Å². The Hall–Kier alpha value is -3.02. The first-order chi connectivity index (χ1) is 13.0. The first kappa shape index (κ1) is 17.4. The van der Waals surface area contributed by atoms with Crippen LogP contribution in [0.25, 0.3) is 11.0 Å². The molecule has 0 bridgehead atoms. The third-order valence-corrected chi connectivity index (χ3v) is 4.65. The molecule has 1 aromatic heterocycles. The van der Waals surface area contributed by atoms with Crippen molar-refractivity contribution in [3.05, 3.63) is 53.0 Å². The smallest absolute Gasteiger partial charge is 0.291 e. The number of furan rings is 1. The van der Waals surface area contributed by atoms with Crippen LogP contribution in [0.15, 0.2) is 34.7 Å². The maximum atomic E-state index is 13.5. The second kappa shape index (κ2) is 6.61. The number of amides is 1. The van der Waals surface area contributed by atoms with Gasteiger partial charge in [0.1, 0.15) is 29.0 Å². The number of nitrogens with one attached hydrogen (secondary N) is 1. The fraction of sp³-hybridized carbons (Fsp3) is 0.286. The van der Waals surface area contributed by atoms with E-state index in [0.717, 1.165) is 17.7 Å². The lowest BCUT2D eigenvalue weighted by atomic mass is 10.1. The lowest BCUT2D eigenvalue weighted by Gasteiger charge is -2.13. The van der Waals surface area contributed by atoms with Gasteiger partial charge >= 0.3 is 0 Å². The van der Waals surface area contributed by atoms with Crippen molar-refractivity contribution in [2.75, 3.05) is 11.9 Å². The van der Waals surface area contributed by atoms with E-state index in [1.807, 2.05) is 19.9 Å². The molecule has 6 heteroatoms. The number of aryl methyl sites for hydroxylation is 1. The summed E-state index contributed by atoms with van der Waals surface area (Å²) in [6, 6.07) is 7.86. The molecule has 0 saturated heterocycles. The summed E-state index contributed by atoms with van der Waals surface area (Å²) < 4.78 is 30.6. The standard InChI is InChI=1S/C21H20FNO4/c1-4-25-19-8-13-7-11(2)26-18(13)10-16(19)23-21(24)20-12(3)15-9-14(22)5-6-17(15)27-20/h5-6,8-11H,4,7H2,1-3H3,(H,23,24). The zero-order chi connectivity index (χ0) is 19.1. The number of ether oxygens (including phenoxy) is 2. The van der Waals surface area contributed by atoms with Gasteiger partial charge in [-0.05, 0) is 45.0 Å². The summed E-state index contributed by atoms with van der Waals surface area (Å²) in [4.78, 5) is 12.8. The molecule has 0 spiro atoms. The highest BCUT2D eigenvalue weighted by atomic mass is 19.1. The van der Waals surface area contributed by atoms with E-state index in [2.05, 4.69) is 5.32 Å². The molecule has 5 nitrogen and oxygen atoms in total. The highest BCUT2D eigenvalue weighted by Crippen LogP contribution is 2.38. The zero-order valence-electron chi connectivity index (χ0n) is 15.4. The molecule has 4 rings (SSSR count). The number of rotatable bonds is 4. The minimum atomic E-state index is -0.420. The molecule has 3 aromatic rings. The number of hydrogen-bond donors (Lipinski definition) is 1. The molecular weight excluding hydrogens is 349 g/mol. The number of halogens is 1. The van der Waals surface area contributed by atoms with Gasteiger partial charge in [-0.1, -0.05) is 0 Å². The maximum absolute atomic E-state index is 13.5. The summed E-state index contributed by atoms with van der Waals surface area (Å²) in [7, 11) is 0. The first-order valence-electron chi connectivity index (χ1n) is 8.92. The van der Waals surface area contributed by atoms with Crippen LogP contribution >= 0.6 is 0 Å². The van der Waals surface area contributed by atoms with Gasteiger partial charge in [0, 0.05) is 29.0 Å². The van der Waals surface area contributed by atoms with E-state index in [9.17, 15) is 9.18 Å². The summed E-state index contributed by atoms with van der Waals surface area (Å²) in [6.45, 7) is 6.09. The molecule has 2 heterocycles. The molecule has 0 fully saturated rings. The Balaban J connectivity index is 1.69. The molecule has 0 saturated carbocycles. The molecule has 1 aliphatic rings. The highest BCUT2D eigenvalue weighted by Gasteiger charge is 2.24. The summed E-state index contributed by atoms with van der Waals surface area (Å²) in [5.74, 6) is 0.678. The topological polar surface area (TPSA) is 60.7 Å². The van der Waals surface area contributed by atoms with Crippen molar-refractivity contribution in [3.63, 3.8) is 0 Å². The summed E-state index contributed by atoms with van der Waals surface area (Å²) in [5.41, 5.74) is 2.63. The van der Waals surface area contributed by atoms with Crippen molar-refractivity contribution in [1.82, 2.24) is 0 Å². The lowest BCUT2D eigenvalue weighted by Crippen LogP contribution is -2.13. The van der Waals surface area contributed by atoms with E-state index in [0.29, 0.717) is 34.6 Å². The number of hydrogen-bond acceptors (Lipinski definition) is 4. The molecular formula is C21H20FNO4. The Morgan fingerprint density at radius 1 is 1.33 bits per heavy atom. The number of carbonyl (C=O) groups is 1. The van der Waals surface area contributed by atoms with Crippen molar-refractivity contribution in [2.24, 2.45) is 0 Å². The van der Waals surface area contributed by atoms with Crippen LogP contribution in [0.3, 0.4) is 0 Å². The number of fused-ring (bicyclic) bond motifs is 2. The van der Waals surface area contributed by atoms with Gasteiger partial charge in [-0.15, -0.1) is 0 Å². The van der Waals surface area contributed by atoms with E-state index in [4.69, 9.17) is 13.9 Å². The molecule has 1 amide bonds. The third-order valence-electron chi connectivity index (χ3n) is 4.65. The maximum Gasteiger partial charge on any atom is 0.291 e. The van der Waals surface area contributed by atoms with Crippen molar-refractivity contribution in [3.8, 4) is 11.5 Å². The van der Waals surface area contributed by atoms with Crippen LogP contribution in [0.4, 0.5) is 10.1 Å². The lowest BCUT2D eigenvalue weighted by molar-refractivity contribution is 0.0997. The van der Waals surface area contributed by atoms with Gasteiger partial charge in [-0.2, -0.15) is 0 Å². The van der Waals surface area contributed by atoms with Crippen molar-refractivity contribution in [1.29, 1.82) is 0 Å². The second-order valence-corrected chi connectivity index (χ2v) is 6.67. The van der Waals surface area contributed by atoms with Gasteiger partial charge in [0.2, 0.25) is 0 Å². The Bertz CT molecular complexity index is 1040. The fourth-order valence-electron chi connectivity index (χ4n) is 3.40. The summed E-state index contributed by atoms with van der Waals surface area (Å²) >= 11 is 0. The van der Waals surface area contributed by atoms with Crippen molar-refractivity contribution >= 4 is 22.6 Å². The Morgan fingerprint density at radius 2 is 2.15 bits per heavy atom. The van der Waals surface area contributed by atoms with Crippen LogP contribution in [-0.4, -0.2) is 18.6 Å². The van der Waals surface area contributed by atoms with Crippen LogP contribution in [0.2, 0.25) is 0 Å². The van der Waals surface area contributed by atoms with Crippen LogP contribution in [-0.2, 0) is 6.42 Å². The number of anilines is 1. The zero-order valence-corrected chi connectivity index (χ0v) is 15.4. The molecule has 140 valence electrons. The first-order valence-corrected chi connectivity index (χ1v) is 8.92. The summed E-state index contributed by atoms with van der Waals surface area (Å²) in [5, 5.41) is 3.42. The average Bonchev–Trinajstić information content (AvgIpc) is 3.14. The molecule has 2 aromatic carbocycles. The third kappa shape index (κ3) is 3.12. The van der Waals surface area contributed by atoms with Crippen molar-refractivity contribution < 1.29 is 23.1 Å². The SMILES string of the molecule is CCOc1cc2c(cc1NC(=O)c1oc3ccc(F)cc3c1C)OC(C)C2. The van der Waals surface area contributed by atoms with Crippen LogP contribution in [0.5, 0.6) is 11.5 Å². The second-order valence-electron chi connectivity index (χ2n) is 6.67. The Kier molecular flexibility index (Phi) is 4.26. The van der Waals surface area contributed by atoms with E-state index < -0.39 is 5.91 Å². The van der Waals surface area contributed by atoms with Crippen molar-refractivity contribution in [2.45, 2.75) is 33.3 Å². The number of benzene rings is 2. The molecule has 27 heavy (non-hydrogen) atoms. The predicted octanol–water partition coefficient (Wildman–Crippen LogP) is 4.85. The predicted molar refractivity (Wildman–Crippen MR) is 100 cm³/mol. The van der Waals surface area contributed by atoms with E-state index in [-0.39, 0.29) is 17.7 Å². The van der Waals surface area contributed by atoms with Crippen LogP contribution < -0.4 is 14.8 Å². The minimum absolute atomic E-state index is 0.0907. The summed E-state index contributed by atoms with van der Waals surface area (Å²) in [6.07, 6.45) is 0.894. The molecule has 0 aliphatic carbocycles. The Morgan fingerprint density at radius 3 is 2.93 bits per heavy atom. The molecule has 1 N–H and O–H groups in total. The average molecular weight is 369 g/mol. The monoisotopic (exact) mass is 369 g/mol. The minimum Gasteiger partial charge on any atom is -0.492 e. The van der Waals surface area contributed by atoms with Gasteiger partial charge in [0.05, 0.1) is 12.3 Å². The van der Waals surface area contributed by atoms with Gasteiger partial charge in [-0.25, -0.2) is 4.39 Å². The molecule has 1 unspecified atom stereocenters. The quantitative estimate of drug-likeness (QED) is 0.714. The largest absolute Gasteiger partial charge is 0.492 e. The van der Waals surface area contributed by atoms with Gasteiger partial charge in [0.25, 0.3) is 5.91 Å². The highest BCUT2D eigenvalue weighted by molar-refractivity contribution is 6.07. The molecule has 0 radical (unpaired) electrons. The van der Waals surface area contributed by atoms with Crippen LogP contribution in [0, 0.1) is 12.7 Å². The van der Waals surface area contributed by atoms with E-state index in [1.54, 1.807) is 13.0 Å². The number of carbonyl (C=O) groups excluding carboxylic acids is 1. The van der Waals surface area contributed by atoms with Crippen LogP contribution in [0.1, 0.15) is 35.5 Å². The molecule has 1 aliphatic heterocycles. The normalized spacial score (nSPS) is 15.5. The van der Waals surface area contributed by atoms with Gasteiger partial charge < -0.3 is 19.2 Å². The van der Waals surface area contributed by atoms with Gasteiger partial charge in [-0.3, -0.25) is 4.79 Å².